The van der Waals surface area contributed by atoms with E-state index < -0.39 is 61.2 Å². The smallest absolute Gasteiger partial charge is 0.365 e. The molecule has 1 heterocycles. The molecule has 0 aromatic carbocycles. The minimum absolute atomic E-state index is 0.0186. The highest BCUT2D eigenvalue weighted by Crippen LogP contribution is 2.51. The molecule has 1 aromatic rings. The van der Waals surface area contributed by atoms with Crippen molar-refractivity contribution in [3.8, 4) is 0 Å². The van der Waals surface area contributed by atoms with E-state index in [1.165, 1.54) is 27.7 Å². The monoisotopic (exact) mass is 570 g/mol. The number of carbonyl (C=O) groups excluding carboxylic acids is 1. The van der Waals surface area contributed by atoms with E-state index in [0.717, 1.165) is 0 Å². The number of aromatic nitrogens is 2. The highest BCUT2D eigenvalue weighted by molar-refractivity contribution is 9.10. The summed E-state index contributed by atoms with van der Waals surface area (Å²) >= 11 is 7.99. The molecule has 0 amide bonds. The summed E-state index contributed by atoms with van der Waals surface area (Å²) in [4.78, 5) is 54.7. The van der Waals surface area contributed by atoms with Crippen molar-refractivity contribution in [3.05, 3.63) is 50.1 Å². The topological polar surface area (TPSA) is 146 Å². The van der Waals surface area contributed by atoms with E-state index in [2.05, 4.69) is 21.1 Å². The lowest BCUT2D eigenvalue weighted by molar-refractivity contribution is -0.162. The highest BCUT2D eigenvalue weighted by Gasteiger charge is 2.62. The minimum Gasteiger partial charge on any atom is -0.478 e. The Morgan fingerprint density at radius 1 is 1.41 bits per heavy atom. The van der Waals surface area contributed by atoms with E-state index in [4.69, 9.17) is 22.3 Å². The van der Waals surface area contributed by atoms with E-state index in [0.29, 0.717) is 12.4 Å². The van der Waals surface area contributed by atoms with Crippen molar-refractivity contribution in [3.63, 3.8) is 0 Å². The van der Waals surface area contributed by atoms with Crippen molar-refractivity contribution in [1.82, 2.24) is 9.24 Å². The van der Waals surface area contributed by atoms with Crippen LogP contribution in [0.1, 0.15) is 33.4 Å². The van der Waals surface area contributed by atoms with Crippen molar-refractivity contribution < 1.29 is 32.7 Å². The molecule has 3 N–H and O–H groups in total. The Morgan fingerprint density at radius 3 is 2.41 bits per heavy atom. The zero-order valence-electron chi connectivity index (χ0n) is 18.1. The summed E-state index contributed by atoms with van der Waals surface area (Å²) in [6.45, 7) is 5.34. The van der Waals surface area contributed by atoms with E-state index in [-0.39, 0.29) is 21.0 Å². The largest absolute Gasteiger partial charge is 0.478 e. The average molecular weight is 572 g/mol. The summed E-state index contributed by atoms with van der Waals surface area (Å²) in [5, 5.41) is 9.50. The zero-order valence-corrected chi connectivity index (χ0v) is 20.4. The first kappa shape index (κ1) is 27.4. The molecule has 1 aliphatic rings. The number of hydrogen-bond donors (Lipinski definition) is 2. The molecule has 0 fully saturated rings. The van der Waals surface area contributed by atoms with Crippen molar-refractivity contribution in [2.45, 2.75) is 43.0 Å². The lowest BCUT2D eigenvalue weighted by atomic mass is 9.73. The Hall–Kier alpha value is -2.87. The van der Waals surface area contributed by atoms with Crippen LogP contribution in [0.2, 0.25) is 0 Å². The third-order valence-corrected chi connectivity index (χ3v) is 6.23. The maximum atomic E-state index is 15.8. The molecule has 0 spiro atoms. The van der Waals surface area contributed by atoms with Gasteiger partial charge in [-0.3, -0.25) is 4.79 Å². The van der Waals surface area contributed by atoms with Gasteiger partial charge >= 0.3 is 17.0 Å². The Balaban J connectivity index is 3.10. The number of carboxylic acid groups (broad SMARTS) is 1. The number of halogens is 5. The van der Waals surface area contributed by atoms with Gasteiger partial charge in [0.25, 0.3) is 11.2 Å². The number of aldehydes is 1. The molecule has 2 rings (SSSR count). The van der Waals surface area contributed by atoms with Gasteiger partial charge < -0.3 is 20.6 Å². The molecular weight excluding hydrogens is 553 g/mol. The van der Waals surface area contributed by atoms with Crippen LogP contribution in [0, 0.1) is 5.92 Å². The number of oxime groups is 1. The average Bonchev–Trinajstić information content (AvgIpc) is 2.69. The molecule has 15 heteroatoms. The molecular formula is C19H19BrClF3N4O6. The summed E-state index contributed by atoms with van der Waals surface area (Å²) in [5.41, 5.74) is -8.47. The third kappa shape index (κ3) is 4.31. The predicted molar refractivity (Wildman–Crippen MR) is 120 cm³/mol. The molecule has 186 valence electrons. The summed E-state index contributed by atoms with van der Waals surface area (Å²) in [6, 6.07) is 0.185. The number of rotatable bonds is 7. The summed E-state index contributed by atoms with van der Waals surface area (Å²) in [6.07, 6.45) is 0.855. The van der Waals surface area contributed by atoms with Gasteiger partial charge in [0.05, 0.1) is 11.4 Å². The second-order valence-electron chi connectivity index (χ2n) is 7.71. The first-order chi connectivity index (χ1) is 15.4. The van der Waals surface area contributed by atoms with E-state index in [9.17, 15) is 33.1 Å². The first-order valence-corrected chi connectivity index (χ1v) is 10.5. The number of nitrogens with zero attached hydrogens (tertiary/aromatic N) is 3. The van der Waals surface area contributed by atoms with Gasteiger partial charge in [0.2, 0.25) is 0 Å². The minimum atomic E-state index is -4.23. The van der Waals surface area contributed by atoms with Crippen LogP contribution in [-0.4, -0.2) is 42.2 Å². The third-order valence-electron chi connectivity index (χ3n) is 5.02. The van der Waals surface area contributed by atoms with Gasteiger partial charge in [0.1, 0.15) is 22.1 Å². The van der Waals surface area contributed by atoms with Crippen molar-refractivity contribution in [1.29, 1.82) is 0 Å². The molecule has 0 saturated heterocycles. The first-order valence-electron chi connectivity index (χ1n) is 9.36. The lowest BCUT2D eigenvalue weighted by Gasteiger charge is -2.43. The van der Waals surface area contributed by atoms with Crippen LogP contribution in [0.25, 0.3) is 5.70 Å². The van der Waals surface area contributed by atoms with Crippen molar-refractivity contribution in [2.24, 2.45) is 11.1 Å². The predicted octanol–water partition coefficient (Wildman–Crippen LogP) is 2.31. The number of allylic oxidation sites excluding steroid dienone is 2. The number of hydrogen-bond acceptors (Lipinski definition) is 7. The lowest BCUT2D eigenvalue weighted by Crippen LogP contribution is -2.58. The molecule has 0 radical (unpaired) electrons. The SMILES string of the molecule is CC(C)=NOC1(C(=O)O)C=C(n2c(=O)cc(C(F)(F)Cl)n(N)c2=O)C(F)=C(C(C)C=O)C1(C)Br. The molecule has 3 atom stereocenters. The number of nitrogens with two attached hydrogens (primary N) is 1. The van der Waals surface area contributed by atoms with Gasteiger partial charge in [-0.2, -0.15) is 8.78 Å². The number of nitrogen functional groups attached to an aromatic ring is 1. The second-order valence-corrected chi connectivity index (χ2v) is 9.77. The second kappa shape index (κ2) is 9.06. The quantitative estimate of drug-likeness (QED) is 0.168. The van der Waals surface area contributed by atoms with Crippen molar-refractivity contribution >= 4 is 51.2 Å². The van der Waals surface area contributed by atoms with Gasteiger partial charge in [0.15, 0.2) is 0 Å². The van der Waals surface area contributed by atoms with Crippen LogP contribution in [0.15, 0.2) is 38.3 Å². The fourth-order valence-corrected chi connectivity index (χ4v) is 4.40. The maximum Gasteiger partial charge on any atom is 0.365 e. The van der Waals surface area contributed by atoms with E-state index >= 15 is 4.39 Å². The van der Waals surface area contributed by atoms with Crippen LogP contribution in [0.4, 0.5) is 13.2 Å². The molecule has 0 saturated carbocycles. The summed E-state index contributed by atoms with van der Waals surface area (Å²) in [7, 11) is 0. The van der Waals surface area contributed by atoms with Crippen LogP contribution < -0.4 is 17.1 Å². The van der Waals surface area contributed by atoms with Gasteiger partial charge in [-0.15, -0.1) is 0 Å². The molecule has 1 aromatic heterocycles. The Bertz CT molecular complexity index is 1260. The highest BCUT2D eigenvalue weighted by atomic mass is 79.9. The van der Waals surface area contributed by atoms with Crippen LogP contribution in [-0.2, 0) is 19.8 Å². The maximum absolute atomic E-state index is 15.8. The molecule has 0 aliphatic heterocycles. The Morgan fingerprint density at radius 2 is 1.97 bits per heavy atom. The molecule has 34 heavy (non-hydrogen) atoms. The fraction of sp³-hybridized carbons (Fsp3) is 0.421. The van der Waals surface area contributed by atoms with E-state index in [1.54, 1.807) is 0 Å². The molecule has 0 bridgehead atoms. The number of alkyl halides is 4. The van der Waals surface area contributed by atoms with Crippen LogP contribution in [0.3, 0.4) is 0 Å². The fourth-order valence-electron chi connectivity index (χ4n) is 3.37. The van der Waals surface area contributed by atoms with Gasteiger partial charge in [-0.1, -0.05) is 28.0 Å². The van der Waals surface area contributed by atoms with Crippen LogP contribution in [0.5, 0.6) is 0 Å². The normalized spacial score (nSPS) is 23.7. The van der Waals surface area contributed by atoms with Crippen molar-refractivity contribution in [2.75, 3.05) is 5.84 Å². The van der Waals surface area contributed by atoms with Gasteiger partial charge in [-0.05, 0) is 37.9 Å². The zero-order chi connectivity index (χ0) is 26.4. The Labute approximate surface area is 203 Å². The standard InChI is InChI=1S/C19H19BrClF3N4O6/c1-8(2)26-34-18(15(31)32)6-10(14(22)13(9(3)7-29)17(18,4)20)27-12(30)5-11(19(21,23)24)28(25)16(27)33/h5-7,9H,25H2,1-4H3,(H,31,32). The number of carboxylic acids is 1. The van der Waals surface area contributed by atoms with Gasteiger partial charge in [-0.25, -0.2) is 23.2 Å². The van der Waals surface area contributed by atoms with Gasteiger partial charge in [0, 0.05) is 18.1 Å². The number of carbonyl (C=O) groups is 2. The molecule has 3 unspecified atom stereocenters. The van der Waals surface area contributed by atoms with E-state index in [1.807, 2.05) is 0 Å². The Kier molecular flexibility index (Phi) is 7.29. The molecule has 10 nitrogen and oxygen atoms in total. The number of aliphatic carboxylic acids is 1. The molecule has 1 aliphatic carbocycles. The summed E-state index contributed by atoms with van der Waals surface area (Å²) < 4.78 is 40.8. The summed E-state index contributed by atoms with van der Waals surface area (Å²) in [5.74, 6) is 0.961. The van der Waals surface area contributed by atoms with Crippen LogP contribution >= 0.6 is 27.5 Å².